The lowest BCUT2D eigenvalue weighted by molar-refractivity contribution is -0.113. The van der Waals surface area contributed by atoms with Gasteiger partial charge in [-0.3, -0.25) is 9.89 Å². The number of anilines is 1. The number of carbonyl (C=O) groups is 1. The van der Waals surface area contributed by atoms with Gasteiger partial charge in [-0.15, -0.1) is 5.10 Å². The average Bonchev–Trinajstić information content (AvgIpc) is 3.28. The van der Waals surface area contributed by atoms with Gasteiger partial charge < -0.3 is 10.1 Å². The first-order valence-electron chi connectivity index (χ1n) is 9.53. The predicted octanol–water partition coefficient (Wildman–Crippen LogP) is 5.43. The number of aromatic amines is 1. The SMILES string of the molecule is O=C(CSc1n[nH]c(-c2ccc(Cl)cc2)n1)Nc1ccc(OCc2ccccc2)cc1. The number of carbonyl (C=O) groups excluding carboxylic acids is 1. The Kier molecular flexibility index (Phi) is 6.86. The van der Waals surface area contributed by atoms with E-state index in [1.165, 1.54) is 11.8 Å². The van der Waals surface area contributed by atoms with Gasteiger partial charge in [0.05, 0.1) is 5.75 Å². The van der Waals surface area contributed by atoms with E-state index >= 15 is 0 Å². The van der Waals surface area contributed by atoms with Crippen LogP contribution in [0.4, 0.5) is 5.69 Å². The number of ether oxygens (including phenoxy) is 1. The van der Waals surface area contributed by atoms with Gasteiger partial charge in [0.1, 0.15) is 12.4 Å². The van der Waals surface area contributed by atoms with Crippen molar-refractivity contribution in [1.82, 2.24) is 15.2 Å². The molecular weight excluding hydrogens is 432 g/mol. The second-order valence-corrected chi connectivity index (χ2v) is 7.99. The molecule has 4 rings (SSSR count). The zero-order chi connectivity index (χ0) is 21.5. The van der Waals surface area contributed by atoms with Gasteiger partial charge >= 0.3 is 0 Å². The number of aromatic nitrogens is 3. The third kappa shape index (κ3) is 6.10. The van der Waals surface area contributed by atoms with Gasteiger partial charge in [0, 0.05) is 16.3 Å². The molecule has 0 atom stereocenters. The number of nitrogens with zero attached hydrogens (tertiary/aromatic N) is 2. The fourth-order valence-electron chi connectivity index (χ4n) is 2.75. The number of thioether (sulfide) groups is 1. The van der Waals surface area contributed by atoms with Crippen molar-refractivity contribution in [3.05, 3.63) is 89.4 Å². The van der Waals surface area contributed by atoms with Crippen molar-refractivity contribution < 1.29 is 9.53 Å². The molecule has 4 aromatic rings. The molecule has 156 valence electrons. The van der Waals surface area contributed by atoms with E-state index < -0.39 is 0 Å². The Balaban J connectivity index is 1.25. The minimum Gasteiger partial charge on any atom is -0.489 e. The number of halogens is 1. The van der Waals surface area contributed by atoms with Gasteiger partial charge in [0.15, 0.2) is 5.82 Å². The molecule has 3 aromatic carbocycles. The van der Waals surface area contributed by atoms with Crippen molar-refractivity contribution in [1.29, 1.82) is 0 Å². The first-order chi connectivity index (χ1) is 15.2. The number of nitrogens with one attached hydrogen (secondary N) is 2. The minimum absolute atomic E-state index is 0.138. The summed E-state index contributed by atoms with van der Waals surface area (Å²) in [5.41, 5.74) is 2.68. The van der Waals surface area contributed by atoms with Crippen LogP contribution in [0.5, 0.6) is 5.75 Å². The number of hydrogen-bond donors (Lipinski definition) is 2. The molecule has 0 saturated heterocycles. The van der Waals surface area contributed by atoms with Gasteiger partial charge in [-0.1, -0.05) is 53.7 Å². The molecule has 6 nitrogen and oxygen atoms in total. The first kappa shape index (κ1) is 21.0. The third-order valence-corrected chi connectivity index (χ3v) is 5.40. The van der Waals surface area contributed by atoms with Crippen LogP contribution in [0, 0.1) is 0 Å². The lowest BCUT2D eigenvalue weighted by Crippen LogP contribution is -2.14. The highest BCUT2D eigenvalue weighted by molar-refractivity contribution is 7.99. The van der Waals surface area contributed by atoms with Crippen molar-refractivity contribution in [3.63, 3.8) is 0 Å². The normalized spacial score (nSPS) is 10.6. The van der Waals surface area contributed by atoms with Gasteiger partial charge in [0.25, 0.3) is 0 Å². The van der Waals surface area contributed by atoms with E-state index in [4.69, 9.17) is 16.3 Å². The molecule has 0 radical (unpaired) electrons. The van der Waals surface area contributed by atoms with Crippen LogP contribution in [-0.4, -0.2) is 26.8 Å². The van der Waals surface area contributed by atoms with E-state index in [0.29, 0.717) is 28.3 Å². The summed E-state index contributed by atoms with van der Waals surface area (Å²) >= 11 is 7.16. The lowest BCUT2D eigenvalue weighted by atomic mass is 10.2. The van der Waals surface area contributed by atoms with Crippen LogP contribution >= 0.6 is 23.4 Å². The Morgan fingerprint density at radius 1 is 1.00 bits per heavy atom. The van der Waals surface area contributed by atoms with Crippen molar-refractivity contribution in [2.24, 2.45) is 0 Å². The van der Waals surface area contributed by atoms with Crippen LogP contribution in [0.1, 0.15) is 5.56 Å². The van der Waals surface area contributed by atoms with E-state index in [2.05, 4.69) is 20.5 Å². The topological polar surface area (TPSA) is 79.9 Å². The minimum atomic E-state index is -0.138. The Labute approximate surface area is 189 Å². The standard InChI is InChI=1S/C23H19ClN4O2S/c24-18-8-6-17(7-9-18)22-26-23(28-27-22)31-15-21(29)25-19-10-12-20(13-11-19)30-14-16-4-2-1-3-5-16/h1-13H,14-15H2,(H,25,29)(H,26,27,28). The Bertz CT molecular complexity index is 1130. The molecule has 1 heterocycles. The first-order valence-corrected chi connectivity index (χ1v) is 10.9. The van der Waals surface area contributed by atoms with E-state index in [1.807, 2.05) is 66.7 Å². The quantitative estimate of drug-likeness (QED) is 0.349. The molecule has 0 aliphatic carbocycles. The van der Waals surface area contributed by atoms with Crippen LogP contribution in [-0.2, 0) is 11.4 Å². The maximum Gasteiger partial charge on any atom is 0.234 e. The Morgan fingerprint density at radius 2 is 1.74 bits per heavy atom. The Hall–Kier alpha value is -3.29. The average molecular weight is 451 g/mol. The van der Waals surface area contributed by atoms with Gasteiger partial charge in [0.2, 0.25) is 11.1 Å². The lowest BCUT2D eigenvalue weighted by Gasteiger charge is -2.08. The van der Waals surface area contributed by atoms with Gasteiger partial charge in [-0.25, -0.2) is 4.98 Å². The second kappa shape index (κ2) is 10.1. The van der Waals surface area contributed by atoms with Crippen LogP contribution in [0.2, 0.25) is 5.02 Å². The molecule has 0 aliphatic rings. The number of hydrogen-bond acceptors (Lipinski definition) is 5. The van der Waals surface area contributed by atoms with E-state index in [9.17, 15) is 4.79 Å². The summed E-state index contributed by atoms with van der Waals surface area (Å²) in [7, 11) is 0. The van der Waals surface area contributed by atoms with Crippen molar-refractivity contribution in [2.75, 3.05) is 11.1 Å². The molecule has 2 N–H and O–H groups in total. The maximum atomic E-state index is 12.3. The summed E-state index contributed by atoms with van der Waals surface area (Å²) in [6.45, 7) is 0.498. The molecule has 0 aliphatic heterocycles. The number of amides is 1. The largest absolute Gasteiger partial charge is 0.489 e. The number of benzene rings is 3. The summed E-state index contributed by atoms with van der Waals surface area (Å²) in [5.74, 6) is 1.43. The third-order valence-electron chi connectivity index (χ3n) is 4.30. The van der Waals surface area contributed by atoms with Crippen LogP contribution in [0.25, 0.3) is 11.4 Å². The smallest absolute Gasteiger partial charge is 0.234 e. The fraction of sp³-hybridized carbons (Fsp3) is 0.0870. The van der Waals surface area contributed by atoms with Crippen molar-refractivity contribution in [3.8, 4) is 17.1 Å². The monoisotopic (exact) mass is 450 g/mol. The summed E-state index contributed by atoms with van der Waals surface area (Å²) in [5, 5.41) is 11.0. The fourth-order valence-corrected chi connectivity index (χ4v) is 3.47. The summed E-state index contributed by atoms with van der Waals surface area (Å²) < 4.78 is 5.76. The molecule has 8 heteroatoms. The highest BCUT2D eigenvalue weighted by Crippen LogP contribution is 2.22. The van der Waals surface area contributed by atoms with Gasteiger partial charge in [-0.05, 0) is 54.1 Å². The van der Waals surface area contributed by atoms with Crippen molar-refractivity contribution in [2.45, 2.75) is 11.8 Å². The molecule has 1 amide bonds. The molecule has 1 aromatic heterocycles. The maximum absolute atomic E-state index is 12.3. The highest BCUT2D eigenvalue weighted by atomic mass is 35.5. The number of H-pyrrole nitrogens is 1. The highest BCUT2D eigenvalue weighted by Gasteiger charge is 2.09. The second-order valence-electron chi connectivity index (χ2n) is 6.61. The van der Waals surface area contributed by atoms with Gasteiger partial charge in [-0.2, -0.15) is 0 Å². The zero-order valence-electron chi connectivity index (χ0n) is 16.4. The summed E-state index contributed by atoms with van der Waals surface area (Å²) in [4.78, 5) is 16.7. The Morgan fingerprint density at radius 3 is 2.48 bits per heavy atom. The van der Waals surface area contributed by atoms with Crippen molar-refractivity contribution >= 4 is 35.0 Å². The zero-order valence-corrected chi connectivity index (χ0v) is 18.0. The molecule has 0 saturated carbocycles. The van der Waals surface area contributed by atoms with Crippen LogP contribution < -0.4 is 10.1 Å². The van der Waals surface area contributed by atoms with Crippen LogP contribution in [0.3, 0.4) is 0 Å². The van der Waals surface area contributed by atoms with E-state index in [1.54, 1.807) is 12.1 Å². The summed E-state index contributed by atoms with van der Waals surface area (Å²) in [6, 6.07) is 24.5. The molecule has 0 unspecified atom stereocenters. The molecule has 0 spiro atoms. The number of rotatable bonds is 8. The summed E-state index contributed by atoms with van der Waals surface area (Å²) in [6.07, 6.45) is 0. The molecule has 0 bridgehead atoms. The predicted molar refractivity (Wildman–Crippen MR) is 123 cm³/mol. The van der Waals surface area contributed by atoms with E-state index in [-0.39, 0.29) is 11.7 Å². The van der Waals surface area contributed by atoms with Crippen LogP contribution in [0.15, 0.2) is 84.0 Å². The molecule has 0 fully saturated rings. The van der Waals surface area contributed by atoms with E-state index in [0.717, 1.165) is 16.9 Å². The molecular formula is C23H19ClN4O2S. The molecule has 31 heavy (non-hydrogen) atoms.